The van der Waals surface area contributed by atoms with Crippen molar-refractivity contribution in [3.8, 4) is 0 Å². The minimum Gasteiger partial charge on any atom is -0.335 e. The van der Waals surface area contributed by atoms with E-state index in [0.717, 1.165) is 32.5 Å². The van der Waals surface area contributed by atoms with E-state index in [2.05, 4.69) is 41.4 Å². The molecule has 3 nitrogen and oxygen atoms in total. The molecule has 0 saturated carbocycles. The maximum atomic E-state index is 12.4. The molecule has 2 aliphatic heterocycles. The number of benzene rings is 1. The second kappa shape index (κ2) is 4.73. The fourth-order valence-electron chi connectivity index (χ4n) is 3.01. The van der Waals surface area contributed by atoms with Crippen LogP contribution >= 0.6 is 0 Å². The number of carbonyl (C=O) groups is 1. The summed E-state index contributed by atoms with van der Waals surface area (Å²) < 4.78 is 0. The van der Waals surface area contributed by atoms with Crippen molar-refractivity contribution < 1.29 is 4.79 Å². The van der Waals surface area contributed by atoms with Gasteiger partial charge in [-0.2, -0.15) is 0 Å². The first kappa shape index (κ1) is 11.7. The Kier molecular flexibility index (Phi) is 3.08. The van der Waals surface area contributed by atoms with Crippen LogP contribution in [-0.2, 0) is 4.79 Å². The van der Waals surface area contributed by atoms with Gasteiger partial charge in [0.2, 0.25) is 5.91 Å². The molecule has 0 bridgehead atoms. The molecule has 3 heteroatoms. The summed E-state index contributed by atoms with van der Waals surface area (Å²) in [6, 6.07) is 8.76. The third-order valence-corrected chi connectivity index (χ3v) is 4.21. The Balaban J connectivity index is 1.82. The normalized spacial score (nSPS) is 24.1. The van der Waals surface area contributed by atoms with E-state index in [0.29, 0.717) is 11.9 Å². The lowest BCUT2D eigenvalue weighted by Crippen LogP contribution is -2.51. The van der Waals surface area contributed by atoms with Crippen LogP contribution in [0.1, 0.15) is 30.0 Å². The molecule has 0 aromatic heterocycles. The number of aryl methyl sites for hydroxylation is 1. The van der Waals surface area contributed by atoms with Gasteiger partial charge in [0, 0.05) is 19.6 Å². The van der Waals surface area contributed by atoms with Gasteiger partial charge in [0.1, 0.15) is 0 Å². The molecule has 0 spiro atoms. The van der Waals surface area contributed by atoms with Crippen molar-refractivity contribution in [2.75, 3.05) is 19.6 Å². The van der Waals surface area contributed by atoms with Crippen LogP contribution in [-0.4, -0.2) is 30.4 Å². The van der Waals surface area contributed by atoms with Gasteiger partial charge in [-0.1, -0.05) is 24.3 Å². The van der Waals surface area contributed by atoms with Gasteiger partial charge in [0.05, 0.1) is 12.0 Å². The highest BCUT2D eigenvalue weighted by Crippen LogP contribution is 2.34. The van der Waals surface area contributed by atoms with Gasteiger partial charge in [-0.3, -0.25) is 4.79 Å². The maximum absolute atomic E-state index is 12.4. The first-order chi connectivity index (χ1) is 8.77. The predicted octanol–water partition coefficient (Wildman–Crippen LogP) is 1.88. The summed E-state index contributed by atoms with van der Waals surface area (Å²) in [5.74, 6) is 0.564. The zero-order chi connectivity index (χ0) is 12.5. The molecule has 3 rings (SSSR count). The molecule has 2 heterocycles. The Hall–Kier alpha value is -1.35. The minimum atomic E-state index is 0.217. The van der Waals surface area contributed by atoms with Crippen LogP contribution in [0.2, 0.25) is 0 Å². The molecule has 1 aromatic carbocycles. The first-order valence-corrected chi connectivity index (χ1v) is 6.84. The number of nitrogens with one attached hydrogen (secondary N) is 1. The molecule has 0 aliphatic carbocycles. The lowest BCUT2D eigenvalue weighted by molar-refractivity contribution is -0.138. The zero-order valence-electron chi connectivity index (χ0n) is 10.9. The summed E-state index contributed by atoms with van der Waals surface area (Å²) >= 11 is 0. The summed E-state index contributed by atoms with van der Waals surface area (Å²) in [6.45, 7) is 4.78. The third kappa shape index (κ3) is 1.93. The molecule has 1 amide bonds. The number of hydrogen-bond donors (Lipinski definition) is 1. The predicted molar refractivity (Wildman–Crippen MR) is 71.2 cm³/mol. The van der Waals surface area contributed by atoms with Crippen LogP contribution in [0, 0.1) is 12.8 Å². The van der Waals surface area contributed by atoms with Crippen LogP contribution in [0.25, 0.3) is 0 Å². The quantitative estimate of drug-likeness (QED) is 0.861. The molecular formula is C15H20N2O. The second-order valence-electron chi connectivity index (χ2n) is 5.40. The molecule has 1 aromatic rings. The molecule has 2 saturated heterocycles. The van der Waals surface area contributed by atoms with Gasteiger partial charge in [-0.25, -0.2) is 0 Å². The van der Waals surface area contributed by atoms with Crippen molar-refractivity contribution in [3.05, 3.63) is 35.4 Å². The van der Waals surface area contributed by atoms with Crippen LogP contribution in [0.3, 0.4) is 0 Å². The molecule has 1 atom stereocenters. The summed E-state index contributed by atoms with van der Waals surface area (Å²) in [6.07, 6.45) is 2.24. The van der Waals surface area contributed by atoms with Gasteiger partial charge < -0.3 is 10.2 Å². The van der Waals surface area contributed by atoms with E-state index in [1.54, 1.807) is 0 Å². The zero-order valence-corrected chi connectivity index (χ0v) is 10.9. The first-order valence-electron chi connectivity index (χ1n) is 6.84. The average Bonchev–Trinajstić information content (AvgIpc) is 2.76. The van der Waals surface area contributed by atoms with Gasteiger partial charge in [0.25, 0.3) is 0 Å². The lowest BCUT2D eigenvalue weighted by atomic mass is 9.97. The molecule has 2 aliphatic rings. The van der Waals surface area contributed by atoms with Gasteiger partial charge >= 0.3 is 0 Å². The molecule has 1 N–H and O–H groups in total. The Bertz CT molecular complexity index is 454. The Morgan fingerprint density at radius 2 is 2.11 bits per heavy atom. The van der Waals surface area contributed by atoms with E-state index in [1.165, 1.54) is 11.1 Å². The number of carbonyl (C=O) groups excluding carboxylic acids is 1. The van der Waals surface area contributed by atoms with Crippen molar-refractivity contribution in [2.45, 2.75) is 25.8 Å². The van der Waals surface area contributed by atoms with E-state index in [1.807, 2.05) is 0 Å². The average molecular weight is 244 g/mol. The van der Waals surface area contributed by atoms with Crippen LogP contribution in [0.5, 0.6) is 0 Å². The van der Waals surface area contributed by atoms with Crippen LogP contribution in [0.4, 0.5) is 0 Å². The number of nitrogens with zero attached hydrogens (tertiary/aromatic N) is 1. The highest BCUT2D eigenvalue weighted by atomic mass is 16.2. The van der Waals surface area contributed by atoms with E-state index in [4.69, 9.17) is 0 Å². The van der Waals surface area contributed by atoms with Gasteiger partial charge in [-0.05, 0) is 30.9 Å². The van der Waals surface area contributed by atoms with E-state index >= 15 is 0 Å². The fraction of sp³-hybridized carbons (Fsp3) is 0.533. The number of hydrogen-bond acceptors (Lipinski definition) is 2. The van der Waals surface area contributed by atoms with Crippen molar-refractivity contribution >= 4 is 5.91 Å². The minimum absolute atomic E-state index is 0.217. The number of likely N-dealkylation sites (tertiary alicyclic amines) is 1. The van der Waals surface area contributed by atoms with Crippen LogP contribution in [0.15, 0.2) is 24.3 Å². The van der Waals surface area contributed by atoms with E-state index in [-0.39, 0.29) is 5.92 Å². The fourth-order valence-corrected chi connectivity index (χ4v) is 3.01. The summed E-state index contributed by atoms with van der Waals surface area (Å²) in [5, 5.41) is 3.18. The maximum Gasteiger partial charge on any atom is 0.228 e. The smallest absolute Gasteiger partial charge is 0.228 e. The second-order valence-corrected chi connectivity index (χ2v) is 5.40. The van der Waals surface area contributed by atoms with Crippen molar-refractivity contribution in [2.24, 2.45) is 5.92 Å². The van der Waals surface area contributed by atoms with E-state index < -0.39 is 0 Å². The SMILES string of the molecule is Cc1ccccc1[C@@H]1CCCN1C(=O)C1CNC1. The molecule has 2 fully saturated rings. The van der Waals surface area contributed by atoms with Crippen molar-refractivity contribution in [1.82, 2.24) is 10.2 Å². The van der Waals surface area contributed by atoms with Gasteiger partial charge in [-0.15, -0.1) is 0 Å². The third-order valence-electron chi connectivity index (χ3n) is 4.21. The topological polar surface area (TPSA) is 32.3 Å². The van der Waals surface area contributed by atoms with Crippen LogP contribution < -0.4 is 5.32 Å². The largest absolute Gasteiger partial charge is 0.335 e. The summed E-state index contributed by atoms with van der Waals surface area (Å²) in [4.78, 5) is 14.5. The Morgan fingerprint density at radius 3 is 2.78 bits per heavy atom. The summed E-state index contributed by atoms with van der Waals surface area (Å²) in [5.41, 5.74) is 2.63. The molecular weight excluding hydrogens is 224 g/mol. The molecule has 0 unspecified atom stereocenters. The number of amides is 1. The number of rotatable bonds is 2. The standard InChI is InChI=1S/C15H20N2O/c1-11-5-2-3-6-13(11)14-7-4-8-17(14)15(18)12-9-16-10-12/h2-3,5-6,12,14,16H,4,7-10H2,1H3/t14-/m0/s1. The monoisotopic (exact) mass is 244 g/mol. The van der Waals surface area contributed by atoms with Gasteiger partial charge in [0.15, 0.2) is 0 Å². The highest BCUT2D eigenvalue weighted by Gasteiger charge is 2.36. The van der Waals surface area contributed by atoms with Crippen molar-refractivity contribution in [1.29, 1.82) is 0 Å². The van der Waals surface area contributed by atoms with E-state index in [9.17, 15) is 4.79 Å². The summed E-state index contributed by atoms with van der Waals surface area (Å²) in [7, 11) is 0. The molecule has 18 heavy (non-hydrogen) atoms. The Labute approximate surface area is 108 Å². The highest BCUT2D eigenvalue weighted by molar-refractivity contribution is 5.81. The van der Waals surface area contributed by atoms with Crippen molar-refractivity contribution in [3.63, 3.8) is 0 Å². The Morgan fingerprint density at radius 1 is 1.33 bits per heavy atom. The lowest BCUT2D eigenvalue weighted by Gasteiger charge is -2.34. The molecule has 0 radical (unpaired) electrons. The molecule has 96 valence electrons.